The molecule has 2 rings (SSSR count). The zero-order valence-electron chi connectivity index (χ0n) is 8.91. The number of halogens is 2. The molecule has 0 N–H and O–H groups in total. The van der Waals surface area contributed by atoms with Crippen LogP contribution in [-0.4, -0.2) is 23.3 Å². The first-order chi connectivity index (χ1) is 7.63. The second kappa shape index (κ2) is 4.72. The smallest absolute Gasteiger partial charge is 0.227 e. The molecule has 0 bridgehead atoms. The second-order valence-corrected chi connectivity index (χ2v) is 5.06. The van der Waals surface area contributed by atoms with Crippen molar-refractivity contribution in [2.24, 2.45) is 5.92 Å². The largest absolute Gasteiger partial charge is 0.309 e. The molecule has 0 saturated carbocycles. The predicted molar refractivity (Wildman–Crippen MR) is 67.9 cm³/mol. The van der Waals surface area contributed by atoms with Crippen molar-refractivity contribution in [1.82, 2.24) is 4.98 Å². The zero-order chi connectivity index (χ0) is 11.7. The van der Waals surface area contributed by atoms with Crippen LogP contribution in [0.3, 0.4) is 0 Å². The molecule has 0 spiro atoms. The highest BCUT2D eigenvalue weighted by Crippen LogP contribution is 2.32. The van der Waals surface area contributed by atoms with Gasteiger partial charge in [-0.05, 0) is 40.4 Å². The molecule has 0 radical (unpaired) electrons. The van der Waals surface area contributed by atoms with E-state index in [0.717, 1.165) is 15.9 Å². The van der Waals surface area contributed by atoms with Crippen molar-refractivity contribution in [3.05, 3.63) is 22.4 Å². The van der Waals surface area contributed by atoms with E-state index in [1.54, 1.807) is 11.1 Å². The Balaban J connectivity index is 2.35. The highest BCUT2D eigenvalue weighted by atomic mass is 79.9. The fourth-order valence-electron chi connectivity index (χ4n) is 1.94. The van der Waals surface area contributed by atoms with Crippen molar-refractivity contribution >= 4 is 39.1 Å². The van der Waals surface area contributed by atoms with Gasteiger partial charge in [0.15, 0.2) is 0 Å². The standard InChI is InChI=1S/C11H12BrClN2O/c1-7-2-3-14-11(12)10(7)15-6-8(5-13)4-9(15)16/h2-3,8H,4-6H2,1H3. The maximum atomic E-state index is 11.9. The van der Waals surface area contributed by atoms with Crippen molar-refractivity contribution in [2.75, 3.05) is 17.3 Å². The molecule has 1 saturated heterocycles. The molecule has 3 nitrogen and oxygen atoms in total. The predicted octanol–water partition coefficient (Wildman–Crippen LogP) is 2.74. The van der Waals surface area contributed by atoms with Crippen LogP contribution in [0.2, 0.25) is 0 Å². The normalized spacial score (nSPS) is 20.6. The van der Waals surface area contributed by atoms with Crippen LogP contribution in [0, 0.1) is 12.8 Å². The van der Waals surface area contributed by atoms with Crippen LogP contribution >= 0.6 is 27.5 Å². The Hall–Kier alpha value is -0.610. The summed E-state index contributed by atoms with van der Waals surface area (Å²) < 4.78 is 0.719. The van der Waals surface area contributed by atoms with Gasteiger partial charge in [0.25, 0.3) is 0 Å². The molecule has 1 unspecified atom stereocenters. The van der Waals surface area contributed by atoms with Crippen LogP contribution in [-0.2, 0) is 4.79 Å². The van der Waals surface area contributed by atoms with Crippen molar-refractivity contribution in [3.8, 4) is 0 Å². The van der Waals surface area contributed by atoms with Gasteiger partial charge in [0, 0.05) is 25.0 Å². The first-order valence-electron chi connectivity index (χ1n) is 5.11. The van der Waals surface area contributed by atoms with Gasteiger partial charge in [-0.3, -0.25) is 4.79 Å². The summed E-state index contributed by atoms with van der Waals surface area (Å²) in [5.41, 5.74) is 1.92. The Morgan fingerprint density at radius 1 is 1.69 bits per heavy atom. The number of carbonyl (C=O) groups is 1. The van der Waals surface area contributed by atoms with Crippen LogP contribution in [0.25, 0.3) is 0 Å². The van der Waals surface area contributed by atoms with Crippen molar-refractivity contribution in [3.63, 3.8) is 0 Å². The number of rotatable bonds is 2. The lowest BCUT2D eigenvalue weighted by Gasteiger charge is -2.19. The Labute approximate surface area is 108 Å². The molecule has 0 aliphatic carbocycles. The molecule has 2 heterocycles. The van der Waals surface area contributed by atoms with E-state index in [1.807, 2.05) is 13.0 Å². The van der Waals surface area contributed by atoms with E-state index in [2.05, 4.69) is 20.9 Å². The summed E-state index contributed by atoms with van der Waals surface area (Å²) in [5, 5.41) is 0. The molecule has 1 aromatic heterocycles. The van der Waals surface area contributed by atoms with Gasteiger partial charge in [-0.15, -0.1) is 11.6 Å². The van der Waals surface area contributed by atoms with Gasteiger partial charge in [0.2, 0.25) is 5.91 Å². The van der Waals surface area contributed by atoms with Gasteiger partial charge < -0.3 is 4.90 Å². The van der Waals surface area contributed by atoms with Gasteiger partial charge in [0.1, 0.15) is 4.60 Å². The first kappa shape index (κ1) is 11.9. The van der Waals surface area contributed by atoms with E-state index in [4.69, 9.17) is 11.6 Å². The number of alkyl halides is 1. The summed E-state index contributed by atoms with van der Waals surface area (Å²) in [7, 11) is 0. The summed E-state index contributed by atoms with van der Waals surface area (Å²) in [6, 6.07) is 1.90. The third-order valence-electron chi connectivity index (χ3n) is 2.77. The average Bonchev–Trinajstić information content (AvgIpc) is 2.60. The Kier molecular flexibility index (Phi) is 3.50. The third-order valence-corrected chi connectivity index (χ3v) is 3.79. The highest BCUT2D eigenvalue weighted by Gasteiger charge is 2.31. The summed E-state index contributed by atoms with van der Waals surface area (Å²) in [6.45, 7) is 2.66. The molecular formula is C11H12BrClN2O. The maximum Gasteiger partial charge on any atom is 0.227 e. The van der Waals surface area contributed by atoms with Gasteiger partial charge in [0.05, 0.1) is 5.69 Å². The second-order valence-electron chi connectivity index (χ2n) is 4.00. The fourth-order valence-corrected chi connectivity index (χ4v) is 2.79. The zero-order valence-corrected chi connectivity index (χ0v) is 11.3. The first-order valence-corrected chi connectivity index (χ1v) is 6.43. The van der Waals surface area contributed by atoms with Gasteiger partial charge >= 0.3 is 0 Å². The van der Waals surface area contributed by atoms with Gasteiger partial charge in [-0.25, -0.2) is 4.98 Å². The number of amides is 1. The summed E-state index contributed by atoms with van der Waals surface area (Å²) in [6.07, 6.45) is 2.26. The Bertz CT molecular complexity index is 404. The van der Waals surface area contributed by atoms with Crippen LogP contribution in [0.5, 0.6) is 0 Å². The Morgan fingerprint density at radius 2 is 2.44 bits per heavy atom. The van der Waals surface area contributed by atoms with Crippen molar-refractivity contribution in [1.29, 1.82) is 0 Å². The molecule has 1 aliphatic heterocycles. The summed E-state index contributed by atoms with van der Waals surface area (Å²) >= 11 is 9.19. The van der Waals surface area contributed by atoms with Crippen LogP contribution in [0.15, 0.2) is 16.9 Å². The number of aryl methyl sites for hydroxylation is 1. The molecule has 86 valence electrons. The minimum Gasteiger partial charge on any atom is -0.309 e. The quantitative estimate of drug-likeness (QED) is 0.622. The molecular weight excluding hydrogens is 291 g/mol. The number of aromatic nitrogens is 1. The summed E-state index contributed by atoms with van der Waals surface area (Å²) in [4.78, 5) is 17.8. The van der Waals surface area contributed by atoms with E-state index >= 15 is 0 Å². The minimum absolute atomic E-state index is 0.127. The molecule has 1 aromatic rings. The minimum atomic E-state index is 0.127. The third kappa shape index (κ3) is 2.09. The molecule has 1 amide bonds. The maximum absolute atomic E-state index is 11.9. The number of carbonyl (C=O) groups excluding carboxylic acids is 1. The van der Waals surface area contributed by atoms with E-state index < -0.39 is 0 Å². The van der Waals surface area contributed by atoms with E-state index in [1.165, 1.54) is 0 Å². The van der Waals surface area contributed by atoms with Gasteiger partial charge in [-0.1, -0.05) is 0 Å². The van der Waals surface area contributed by atoms with Gasteiger partial charge in [-0.2, -0.15) is 0 Å². The molecule has 5 heteroatoms. The van der Waals surface area contributed by atoms with Crippen molar-refractivity contribution < 1.29 is 4.79 Å². The highest BCUT2D eigenvalue weighted by molar-refractivity contribution is 9.10. The van der Waals surface area contributed by atoms with E-state index in [9.17, 15) is 4.79 Å². The summed E-state index contributed by atoms with van der Waals surface area (Å²) in [5.74, 6) is 0.905. The molecule has 1 atom stereocenters. The van der Waals surface area contributed by atoms with Crippen molar-refractivity contribution in [2.45, 2.75) is 13.3 Å². The SMILES string of the molecule is Cc1ccnc(Br)c1N1CC(CCl)CC1=O. The van der Waals surface area contributed by atoms with E-state index in [-0.39, 0.29) is 11.8 Å². The Morgan fingerprint density at radius 3 is 3.00 bits per heavy atom. The number of hydrogen-bond acceptors (Lipinski definition) is 2. The lowest BCUT2D eigenvalue weighted by atomic mass is 10.1. The fraction of sp³-hybridized carbons (Fsp3) is 0.455. The van der Waals surface area contributed by atoms with Crippen LogP contribution in [0.4, 0.5) is 5.69 Å². The monoisotopic (exact) mass is 302 g/mol. The lowest BCUT2D eigenvalue weighted by molar-refractivity contribution is -0.117. The van der Waals surface area contributed by atoms with Crippen LogP contribution < -0.4 is 4.90 Å². The number of nitrogens with zero attached hydrogens (tertiary/aromatic N) is 2. The topological polar surface area (TPSA) is 33.2 Å². The van der Waals surface area contributed by atoms with Crippen LogP contribution in [0.1, 0.15) is 12.0 Å². The number of hydrogen-bond donors (Lipinski definition) is 0. The number of pyridine rings is 1. The molecule has 1 fully saturated rings. The molecule has 1 aliphatic rings. The van der Waals surface area contributed by atoms with E-state index in [0.29, 0.717) is 18.8 Å². The molecule has 0 aromatic carbocycles. The lowest BCUT2D eigenvalue weighted by Crippen LogP contribution is -2.26. The number of anilines is 1. The average molecular weight is 304 g/mol. The molecule has 16 heavy (non-hydrogen) atoms.